The molecule has 2 rings (SSSR count). The summed E-state index contributed by atoms with van der Waals surface area (Å²) in [6.45, 7) is 0.303. The summed E-state index contributed by atoms with van der Waals surface area (Å²) >= 11 is 0. The summed E-state index contributed by atoms with van der Waals surface area (Å²) < 4.78 is 11.1. The molecule has 23 heavy (non-hydrogen) atoms. The summed E-state index contributed by atoms with van der Waals surface area (Å²) in [6.07, 6.45) is 1.27. The molecule has 0 radical (unpaired) electrons. The number of benzene rings is 2. The third-order valence-corrected chi connectivity index (χ3v) is 3.11. The van der Waals surface area contributed by atoms with E-state index in [4.69, 9.17) is 19.8 Å². The molecule has 5 heteroatoms. The van der Waals surface area contributed by atoms with Crippen LogP contribution in [0.3, 0.4) is 0 Å². The van der Waals surface area contributed by atoms with Crippen LogP contribution >= 0.6 is 0 Å². The van der Waals surface area contributed by atoms with E-state index in [0.717, 1.165) is 5.56 Å². The summed E-state index contributed by atoms with van der Waals surface area (Å²) in [7, 11) is 1.50. The molecule has 2 aromatic carbocycles. The Balaban J connectivity index is 2.36. The van der Waals surface area contributed by atoms with Gasteiger partial charge < -0.3 is 14.6 Å². The van der Waals surface area contributed by atoms with Gasteiger partial charge in [-0.3, -0.25) is 0 Å². The number of methoxy groups -OCH3 is 1. The molecule has 1 N–H and O–H groups in total. The number of aliphatic carboxylic acids is 1. The Kier molecular flexibility index (Phi) is 5.37. The van der Waals surface area contributed by atoms with Gasteiger partial charge in [0.15, 0.2) is 11.5 Å². The van der Waals surface area contributed by atoms with Crippen LogP contribution in [0.4, 0.5) is 0 Å². The van der Waals surface area contributed by atoms with Gasteiger partial charge in [0, 0.05) is 5.56 Å². The van der Waals surface area contributed by atoms with Crippen molar-refractivity contribution in [1.29, 1.82) is 5.26 Å². The van der Waals surface area contributed by atoms with Gasteiger partial charge in [-0.2, -0.15) is 5.26 Å². The summed E-state index contributed by atoms with van der Waals surface area (Å²) in [4.78, 5) is 11.0. The molecule has 0 saturated carbocycles. The van der Waals surface area contributed by atoms with Crippen molar-refractivity contribution in [1.82, 2.24) is 0 Å². The maximum absolute atomic E-state index is 11.0. The average molecular weight is 309 g/mol. The normalized spacial score (nSPS) is 10.7. The smallest absolute Gasteiger partial charge is 0.346 e. The zero-order chi connectivity index (χ0) is 16.7. The minimum Gasteiger partial charge on any atom is -0.493 e. The van der Waals surface area contributed by atoms with E-state index in [1.807, 2.05) is 30.3 Å². The largest absolute Gasteiger partial charge is 0.493 e. The highest BCUT2D eigenvalue weighted by Gasteiger charge is 2.13. The van der Waals surface area contributed by atoms with Crippen LogP contribution in [0.2, 0.25) is 0 Å². The standard InChI is InChI=1S/C18H15NO4/c1-22-16-9-5-8-14(10-15(11-19)18(20)21)17(16)23-12-13-6-3-2-4-7-13/h2-10H,12H2,1H3,(H,20,21). The minimum atomic E-state index is -1.29. The van der Waals surface area contributed by atoms with Crippen molar-refractivity contribution in [2.45, 2.75) is 6.61 Å². The highest BCUT2D eigenvalue weighted by molar-refractivity contribution is 5.97. The number of rotatable bonds is 6. The van der Waals surface area contributed by atoms with Gasteiger partial charge in [0.1, 0.15) is 18.2 Å². The second-order valence-corrected chi connectivity index (χ2v) is 4.63. The lowest BCUT2D eigenvalue weighted by Crippen LogP contribution is -2.01. The second kappa shape index (κ2) is 7.66. The summed E-state index contributed by atoms with van der Waals surface area (Å²) in [6, 6.07) is 16.3. The maximum atomic E-state index is 11.0. The molecule has 0 aliphatic rings. The first-order valence-corrected chi connectivity index (χ1v) is 6.84. The molecule has 0 atom stereocenters. The molecule has 0 aliphatic carbocycles. The first-order valence-electron chi connectivity index (χ1n) is 6.84. The van der Waals surface area contributed by atoms with Crippen molar-refractivity contribution in [3.05, 3.63) is 65.2 Å². The van der Waals surface area contributed by atoms with Gasteiger partial charge in [0.25, 0.3) is 0 Å². The molecular weight excluding hydrogens is 294 g/mol. The van der Waals surface area contributed by atoms with Crippen molar-refractivity contribution < 1.29 is 19.4 Å². The number of hydrogen-bond donors (Lipinski definition) is 1. The zero-order valence-electron chi connectivity index (χ0n) is 12.5. The molecule has 0 aliphatic heterocycles. The molecule has 0 amide bonds. The van der Waals surface area contributed by atoms with Crippen LogP contribution in [0.15, 0.2) is 54.1 Å². The van der Waals surface area contributed by atoms with E-state index in [2.05, 4.69) is 0 Å². The van der Waals surface area contributed by atoms with Gasteiger partial charge in [-0.05, 0) is 17.7 Å². The van der Waals surface area contributed by atoms with Crippen LogP contribution in [0, 0.1) is 11.3 Å². The first kappa shape index (κ1) is 16.1. The monoisotopic (exact) mass is 309 g/mol. The molecule has 5 nitrogen and oxygen atoms in total. The molecule has 116 valence electrons. The van der Waals surface area contributed by atoms with E-state index < -0.39 is 5.97 Å². The Hall–Kier alpha value is -3.26. The SMILES string of the molecule is COc1cccc(C=C(C#N)C(=O)O)c1OCc1ccccc1. The molecule has 0 aromatic heterocycles. The second-order valence-electron chi connectivity index (χ2n) is 4.63. The molecule has 2 aromatic rings. The summed E-state index contributed by atoms with van der Waals surface area (Å²) in [5, 5.41) is 17.9. The molecular formula is C18H15NO4. The Morgan fingerprint density at radius 2 is 1.96 bits per heavy atom. The molecule has 0 unspecified atom stereocenters. The lowest BCUT2D eigenvalue weighted by atomic mass is 10.1. The molecule has 0 saturated heterocycles. The molecule has 0 bridgehead atoms. The number of nitriles is 1. The molecule has 0 heterocycles. The molecule has 0 fully saturated rings. The molecule has 0 spiro atoms. The van der Waals surface area contributed by atoms with Crippen LogP contribution in [0.5, 0.6) is 11.5 Å². The summed E-state index contributed by atoms with van der Waals surface area (Å²) in [5.41, 5.74) is 1.06. The fraction of sp³-hybridized carbons (Fsp3) is 0.111. The Labute approximate surface area is 134 Å². The highest BCUT2D eigenvalue weighted by Crippen LogP contribution is 2.33. The fourth-order valence-corrected chi connectivity index (χ4v) is 1.99. The van der Waals surface area contributed by atoms with Gasteiger partial charge in [0.2, 0.25) is 0 Å². The average Bonchev–Trinajstić information content (AvgIpc) is 2.58. The van der Waals surface area contributed by atoms with E-state index >= 15 is 0 Å². The number of carboxylic acids is 1. The Morgan fingerprint density at radius 1 is 1.22 bits per heavy atom. The van der Waals surface area contributed by atoms with E-state index in [1.54, 1.807) is 24.3 Å². The highest BCUT2D eigenvalue weighted by atomic mass is 16.5. The number of nitrogens with zero attached hydrogens (tertiary/aromatic N) is 1. The van der Waals surface area contributed by atoms with Crippen molar-refractivity contribution in [3.8, 4) is 17.6 Å². The first-order chi connectivity index (χ1) is 11.2. The van der Waals surface area contributed by atoms with Crippen molar-refractivity contribution >= 4 is 12.0 Å². The minimum absolute atomic E-state index is 0.303. The van der Waals surface area contributed by atoms with Crippen molar-refractivity contribution in [2.24, 2.45) is 0 Å². The van der Waals surface area contributed by atoms with Crippen LogP contribution in [-0.4, -0.2) is 18.2 Å². The maximum Gasteiger partial charge on any atom is 0.346 e. The number of carboxylic acid groups (broad SMARTS) is 1. The zero-order valence-corrected chi connectivity index (χ0v) is 12.5. The van der Waals surface area contributed by atoms with E-state index in [1.165, 1.54) is 13.2 Å². The van der Waals surface area contributed by atoms with Crippen LogP contribution < -0.4 is 9.47 Å². The van der Waals surface area contributed by atoms with Gasteiger partial charge >= 0.3 is 5.97 Å². The van der Waals surface area contributed by atoms with E-state index in [-0.39, 0.29) is 5.57 Å². The van der Waals surface area contributed by atoms with E-state index in [9.17, 15) is 4.79 Å². The number of para-hydroxylation sites is 1. The van der Waals surface area contributed by atoms with Gasteiger partial charge in [-0.25, -0.2) is 4.79 Å². The van der Waals surface area contributed by atoms with Crippen molar-refractivity contribution in [2.75, 3.05) is 7.11 Å². The van der Waals surface area contributed by atoms with E-state index in [0.29, 0.717) is 23.7 Å². The Morgan fingerprint density at radius 3 is 2.57 bits per heavy atom. The topological polar surface area (TPSA) is 79.5 Å². The van der Waals surface area contributed by atoms with Gasteiger partial charge in [-0.15, -0.1) is 0 Å². The predicted molar refractivity (Wildman–Crippen MR) is 85.0 cm³/mol. The van der Waals surface area contributed by atoms with Crippen LogP contribution in [0.25, 0.3) is 6.08 Å². The lowest BCUT2D eigenvalue weighted by molar-refractivity contribution is -0.132. The third kappa shape index (κ3) is 4.11. The summed E-state index contributed by atoms with van der Waals surface area (Å²) in [5.74, 6) is -0.422. The number of ether oxygens (including phenoxy) is 2. The fourth-order valence-electron chi connectivity index (χ4n) is 1.99. The number of hydrogen-bond acceptors (Lipinski definition) is 4. The van der Waals surface area contributed by atoms with Crippen LogP contribution in [0.1, 0.15) is 11.1 Å². The lowest BCUT2D eigenvalue weighted by Gasteiger charge is -2.13. The third-order valence-electron chi connectivity index (χ3n) is 3.11. The van der Waals surface area contributed by atoms with Gasteiger partial charge in [0.05, 0.1) is 7.11 Å². The predicted octanol–water partition coefficient (Wildman–Crippen LogP) is 3.27. The van der Waals surface area contributed by atoms with Crippen LogP contribution in [-0.2, 0) is 11.4 Å². The van der Waals surface area contributed by atoms with Gasteiger partial charge in [-0.1, -0.05) is 42.5 Å². The Bertz CT molecular complexity index is 760. The van der Waals surface area contributed by atoms with Crippen molar-refractivity contribution in [3.63, 3.8) is 0 Å². The quantitative estimate of drug-likeness (QED) is 0.654. The number of carbonyl (C=O) groups is 1.